The smallest absolute Gasteiger partial charge is 0.264 e. The lowest BCUT2D eigenvalue weighted by atomic mass is 10.1. The van der Waals surface area contributed by atoms with Crippen molar-refractivity contribution in [3.05, 3.63) is 83.7 Å². The van der Waals surface area contributed by atoms with E-state index in [1.807, 2.05) is 36.4 Å². The molecule has 1 amide bonds. The Balaban J connectivity index is 1.30. The molecule has 188 valence electrons. The summed E-state index contributed by atoms with van der Waals surface area (Å²) in [7, 11) is 2.99. The molecule has 3 aromatic carbocycles. The average Bonchev–Trinajstić information content (AvgIpc) is 2.90. The number of hydrogen-bond acceptors (Lipinski definition) is 6. The van der Waals surface area contributed by atoms with Crippen molar-refractivity contribution in [3.8, 4) is 11.5 Å². The van der Waals surface area contributed by atoms with Gasteiger partial charge in [-0.15, -0.1) is 0 Å². The quantitative estimate of drug-likeness (QED) is 0.462. The Morgan fingerprint density at radius 2 is 1.56 bits per heavy atom. The lowest BCUT2D eigenvalue weighted by Crippen LogP contribution is -2.46. The van der Waals surface area contributed by atoms with E-state index in [0.717, 1.165) is 43.1 Å². The summed E-state index contributed by atoms with van der Waals surface area (Å²) in [6.45, 7) is 4.05. The van der Waals surface area contributed by atoms with Gasteiger partial charge in [-0.3, -0.25) is 15.0 Å². The molecule has 1 aliphatic heterocycles. The lowest BCUT2D eigenvalue weighted by molar-refractivity contribution is 0.0971. The van der Waals surface area contributed by atoms with Gasteiger partial charge in [-0.25, -0.2) is 4.39 Å². The number of piperazine rings is 1. The average molecular weight is 509 g/mol. The molecule has 2 N–H and O–H groups in total. The molecule has 1 saturated heterocycles. The minimum Gasteiger partial charge on any atom is -0.496 e. The Hall–Kier alpha value is -3.69. The fourth-order valence-electron chi connectivity index (χ4n) is 4.19. The highest BCUT2D eigenvalue weighted by Crippen LogP contribution is 2.28. The van der Waals surface area contributed by atoms with Gasteiger partial charge in [-0.1, -0.05) is 24.3 Å². The second kappa shape index (κ2) is 11.8. The molecule has 3 aromatic rings. The highest BCUT2D eigenvalue weighted by molar-refractivity contribution is 7.80. The van der Waals surface area contributed by atoms with Crippen LogP contribution >= 0.6 is 12.2 Å². The van der Waals surface area contributed by atoms with Gasteiger partial charge in [0.25, 0.3) is 5.91 Å². The molecule has 1 fully saturated rings. The van der Waals surface area contributed by atoms with Crippen molar-refractivity contribution >= 4 is 34.6 Å². The number of carbonyl (C=O) groups is 1. The summed E-state index contributed by atoms with van der Waals surface area (Å²) in [5.41, 5.74) is 2.86. The number of amides is 1. The zero-order valence-corrected chi connectivity index (χ0v) is 21.1. The Morgan fingerprint density at radius 1 is 0.917 bits per heavy atom. The zero-order chi connectivity index (χ0) is 25.5. The van der Waals surface area contributed by atoms with Crippen LogP contribution in [0.1, 0.15) is 15.9 Å². The first kappa shape index (κ1) is 25.4. The highest BCUT2D eigenvalue weighted by Gasteiger charge is 2.20. The van der Waals surface area contributed by atoms with Crippen LogP contribution in [-0.2, 0) is 6.54 Å². The number of rotatable bonds is 7. The topological polar surface area (TPSA) is 66.1 Å². The SMILES string of the molecule is COc1cccc(OC)c1C(=O)NC(=S)Nc1ccc(N2CCN(Cc3ccccc3F)CC2)cc1. The van der Waals surface area contributed by atoms with Gasteiger partial charge in [0.2, 0.25) is 0 Å². The van der Waals surface area contributed by atoms with Crippen molar-refractivity contribution in [2.75, 3.05) is 50.6 Å². The molecule has 0 aliphatic carbocycles. The Kier molecular flexibility index (Phi) is 8.35. The van der Waals surface area contributed by atoms with Gasteiger partial charge in [0, 0.05) is 49.7 Å². The standard InChI is InChI=1S/C27H29FN4O3S/c1-34-23-8-5-9-24(35-2)25(23)26(33)30-27(36)29-20-10-12-21(13-11-20)32-16-14-31(15-17-32)18-19-6-3-4-7-22(19)28/h3-13H,14-18H2,1-2H3,(H2,29,30,33,36). The third kappa shape index (κ3) is 6.10. The molecule has 0 radical (unpaired) electrons. The molecule has 0 atom stereocenters. The van der Waals surface area contributed by atoms with Gasteiger partial charge < -0.3 is 19.7 Å². The minimum absolute atomic E-state index is 0.154. The number of anilines is 2. The molecule has 36 heavy (non-hydrogen) atoms. The van der Waals surface area contributed by atoms with E-state index >= 15 is 0 Å². The van der Waals surface area contributed by atoms with Crippen molar-refractivity contribution in [3.63, 3.8) is 0 Å². The monoisotopic (exact) mass is 508 g/mol. The van der Waals surface area contributed by atoms with Crippen molar-refractivity contribution in [2.24, 2.45) is 0 Å². The molecule has 1 aliphatic rings. The number of benzene rings is 3. The molecular formula is C27H29FN4O3S. The van der Waals surface area contributed by atoms with Crippen LogP contribution in [0.5, 0.6) is 11.5 Å². The van der Waals surface area contributed by atoms with Gasteiger partial charge in [0.15, 0.2) is 5.11 Å². The third-order valence-electron chi connectivity index (χ3n) is 6.10. The van der Waals surface area contributed by atoms with Crippen molar-refractivity contribution in [1.29, 1.82) is 0 Å². The van der Waals surface area contributed by atoms with E-state index in [1.165, 1.54) is 20.3 Å². The van der Waals surface area contributed by atoms with Crippen LogP contribution in [0, 0.1) is 5.82 Å². The van der Waals surface area contributed by atoms with Crippen LogP contribution < -0.4 is 25.0 Å². The van der Waals surface area contributed by atoms with E-state index in [9.17, 15) is 9.18 Å². The molecule has 9 heteroatoms. The zero-order valence-electron chi connectivity index (χ0n) is 20.3. The summed E-state index contributed by atoms with van der Waals surface area (Å²) in [5, 5.41) is 5.89. The minimum atomic E-state index is -0.424. The summed E-state index contributed by atoms with van der Waals surface area (Å²) in [4.78, 5) is 17.4. The van der Waals surface area contributed by atoms with Gasteiger partial charge in [0.1, 0.15) is 22.9 Å². The Morgan fingerprint density at radius 3 is 2.17 bits per heavy atom. The molecule has 0 unspecified atom stereocenters. The molecule has 4 rings (SSSR count). The fourth-order valence-corrected chi connectivity index (χ4v) is 4.40. The van der Waals surface area contributed by atoms with E-state index < -0.39 is 5.91 Å². The highest BCUT2D eigenvalue weighted by atomic mass is 32.1. The first-order chi connectivity index (χ1) is 17.5. The summed E-state index contributed by atoms with van der Waals surface area (Å²) in [6.07, 6.45) is 0. The first-order valence-electron chi connectivity index (χ1n) is 11.6. The summed E-state index contributed by atoms with van der Waals surface area (Å²) in [6, 6.07) is 19.9. The molecular weight excluding hydrogens is 479 g/mol. The largest absolute Gasteiger partial charge is 0.496 e. The number of carbonyl (C=O) groups excluding carboxylic acids is 1. The summed E-state index contributed by atoms with van der Waals surface area (Å²) >= 11 is 5.34. The molecule has 0 saturated carbocycles. The van der Waals surface area contributed by atoms with E-state index in [0.29, 0.717) is 18.0 Å². The van der Waals surface area contributed by atoms with Gasteiger partial charge in [-0.2, -0.15) is 0 Å². The number of halogens is 1. The van der Waals surface area contributed by atoms with Crippen molar-refractivity contribution < 1.29 is 18.7 Å². The predicted molar refractivity (Wildman–Crippen MR) is 144 cm³/mol. The number of thiocarbonyl (C=S) groups is 1. The number of nitrogens with zero attached hydrogens (tertiary/aromatic N) is 2. The lowest BCUT2D eigenvalue weighted by Gasteiger charge is -2.36. The van der Waals surface area contributed by atoms with Gasteiger partial charge in [0.05, 0.1) is 14.2 Å². The fraction of sp³-hybridized carbons (Fsp3) is 0.259. The van der Waals surface area contributed by atoms with Crippen molar-refractivity contribution in [1.82, 2.24) is 10.2 Å². The Labute approximate surface area is 215 Å². The van der Waals surface area contributed by atoms with Crippen LogP contribution in [0.25, 0.3) is 0 Å². The normalized spacial score (nSPS) is 13.7. The van der Waals surface area contributed by atoms with E-state index in [1.54, 1.807) is 24.3 Å². The molecule has 7 nitrogen and oxygen atoms in total. The van der Waals surface area contributed by atoms with Crippen LogP contribution in [0.2, 0.25) is 0 Å². The van der Waals surface area contributed by atoms with Crippen LogP contribution in [0.15, 0.2) is 66.7 Å². The first-order valence-corrected chi connectivity index (χ1v) is 12.0. The molecule has 0 bridgehead atoms. The number of methoxy groups -OCH3 is 2. The van der Waals surface area contributed by atoms with Crippen LogP contribution in [0.4, 0.5) is 15.8 Å². The molecule has 1 heterocycles. The van der Waals surface area contributed by atoms with E-state index in [4.69, 9.17) is 21.7 Å². The number of nitrogens with one attached hydrogen (secondary N) is 2. The maximum absolute atomic E-state index is 14.0. The van der Waals surface area contributed by atoms with E-state index in [-0.39, 0.29) is 16.5 Å². The van der Waals surface area contributed by atoms with Crippen LogP contribution in [0.3, 0.4) is 0 Å². The number of hydrogen-bond donors (Lipinski definition) is 2. The number of ether oxygens (including phenoxy) is 2. The predicted octanol–water partition coefficient (Wildman–Crippen LogP) is 4.29. The van der Waals surface area contributed by atoms with Crippen LogP contribution in [-0.4, -0.2) is 56.3 Å². The Bertz CT molecular complexity index is 1190. The van der Waals surface area contributed by atoms with Crippen molar-refractivity contribution in [2.45, 2.75) is 6.54 Å². The second-order valence-electron chi connectivity index (χ2n) is 8.35. The molecule has 0 aromatic heterocycles. The second-order valence-corrected chi connectivity index (χ2v) is 8.76. The summed E-state index contributed by atoms with van der Waals surface area (Å²) < 4.78 is 24.5. The summed E-state index contributed by atoms with van der Waals surface area (Å²) in [5.74, 6) is 0.215. The molecule has 0 spiro atoms. The van der Waals surface area contributed by atoms with Gasteiger partial charge >= 0.3 is 0 Å². The maximum atomic E-state index is 14.0. The van der Waals surface area contributed by atoms with E-state index in [2.05, 4.69) is 20.4 Å². The van der Waals surface area contributed by atoms with Gasteiger partial charge in [-0.05, 0) is 54.7 Å². The maximum Gasteiger partial charge on any atom is 0.264 e. The third-order valence-corrected chi connectivity index (χ3v) is 6.30.